The van der Waals surface area contributed by atoms with Gasteiger partial charge in [0.2, 0.25) is 5.76 Å². The summed E-state index contributed by atoms with van der Waals surface area (Å²) in [7, 11) is 0. The lowest BCUT2D eigenvalue weighted by Gasteiger charge is -2.03. The molecule has 0 saturated heterocycles. The SMILES string of the molecule is O=C(N/N=C/c1cccc(OC(=O)c2ccco2)c1)c1cncc(Br)c1. The number of carbonyl (C=O) groups is 2. The Labute approximate surface area is 156 Å². The number of esters is 1. The van der Waals surface area contributed by atoms with E-state index in [0.29, 0.717) is 21.3 Å². The Bertz CT molecular complexity index is 955. The highest BCUT2D eigenvalue weighted by atomic mass is 79.9. The topological polar surface area (TPSA) is 93.8 Å². The number of aromatic nitrogens is 1. The van der Waals surface area contributed by atoms with E-state index in [0.717, 1.165) is 0 Å². The number of benzene rings is 1. The van der Waals surface area contributed by atoms with Gasteiger partial charge >= 0.3 is 5.97 Å². The molecular weight excluding hydrogens is 402 g/mol. The Morgan fingerprint density at radius 3 is 2.85 bits per heavy atom. The van der Waals surface area contributed by atoms with Crippen molar-refractivity contribution in [3.05, 3.63) is 82.5 Å². The van der Waals surface area contributed by atoms with Crippen LogP contribution in [0.1, 0.15) is 26.5 Å². The Balaban J connectivity index is 1.62. The fourth-order valence-electron chi connectivity index (χ4n) is 1.98. The van der Waals surface area contributed by atoms with Crippen molar-refractivity contribution < 1.29 is 18.7 Å². The zero-order valence-electron chi connectivity index (χ0n) is 13.3. The Hall–Kier alpha value is -3.26. The van der Waals surface area contributed by atoms with Crippen molar-refractivity contribution in [3.8, 4) is 5.75 Å². The first-order chi connectivity index (χ1) is 12.6. The van der Waals surface area contributed by atoms with Gasteiger partial charge in [0.15, 0.2) is 0 Å². The molecule has 2 aromatic heterocycles. The van der Waals surface area contributed by atoms with Crippen LogP contribution < -0.4 is 10.2 Å². The van der Waals surface area contributed by atoms with Gasteiger partial charge in [0.1, 0.15) is 5.75 Å². The van der Waals surface area contributed by atoms with Crippen molar-refractivity contribution in [1.82, 2.24) is 10.4 Å². The molecule has 2 heterocycles. The predicted octanol–water partition coefficient (Wildman–Crippen LogP) is 3.42. The van der Waals surface area contributed by atoms with E-state index in [4.69, 9.17) is 9.15 Å². The molecule has 8 heteroatoms. The number of halogens is 1. The molecule has 26 heavy (non-hydrogen) atoms. The second-order valence-corrected chi connectivity index (χ2v) is 5.95. The molecule has 1 aromatic carbocycles. The van der Waals surface area contributed by atoms with E-state index in [1.165, 1.54) is 24.7 Å². The van der Waals surface area contributed by atoms with Crippen molar-refractivity contribution in [2.24, 2.45) is 5.10 Å². The number of nitrogens with zero attached hydrogens (tertiary/aromatic N) is 2. The summed E-state index contributed by atoms with van der Waals surface area (Å²) >= 11 is 3.25. The molecule has 0 aliphatic rings. The normalized spacial score (nSPS) is 10.7. The highest BCUT2D eigenvalue weighted by Gasteiger charge is 2.11. The first-order valence-corrected chi connectivity index (χ1v) is 8.21. The molecule has 0 saturated carbocycles. The van der Waals surface area contributed by atoms with Gasteiger partial charge in [-0.2, -0.15) is 5.10 Å². The fraction of sp³-hybridized carbons (Fsp3) is 0. The lowest BCUT2D eigenvalue weighted by molar-refractivity contribution is 0.0701. The smallest absolute Gasteiger partial charge is 0.379 e. The van der Waals surface area contributed by atoms with Crippen molar-refractivity contribution in [2.75, 3.05) is 0 Å². The summed E-state index contributed by atoms with van der Waals surface area (Å²) in [6.45, 7) is 0. The Kier molecular flexibility index (Phi) is 5.55. The molecular formula is C18H12BrN3O4. The van der Waals surface area contributed by atoms with Crippen molar-refractivity contribution in [3.63, 3.8) is 0 Å². The van der Waals surface area contributed by atoms with Crippen LogP contribution in [0.25, 0.3) is 0 Å². The van der Waals surface area contributed by atoms with Crippen LogP contribution in [0, 0.1) is 0 Å². The summed E-state index contributed by atoms with van der Waals surface area (Å²) in [5.41, 5.74) is 3.42. The summed E-state index contributed by atoms with van der Waals surface area (Å²) in [6.07, 6.45) is 5.84. The van der Waals surface area contributed by atoms with Gasteiger partial charge in [0, 0.05) is 16.9 Å². The number of hydrogen-bond acceptors (Lipinski definition) is 6. The molecule has 7 nitrogen and oxygen atoms in total. The first kappa shape index (κ1) is 17.6. The largest absolute Gasteiger partial charge is 0.457 e. The third-order valence-corrected chi connectivity index (χ3v) is 3.57. The Morgan fingerprint density at radius 2 is 2.08 bits per heavy atom. The number of amides is 1. The van der Waals surface area contributed by atoms with Gasteiger partial charge in [0.25, 0.3) is 5.91 Å². The minimum Gasteiger partial charge on any atom is -0.457 e. The summed E-state index contributed by atoms with van der Waals surface area (Å²) in [4.78, 5) is 27.7. The molecule has 0 unspecified atom stereocenters. The Morgan fingerprint density at radius 1 is 1.19 bits per heavy atom. The van der Waals surface area contributed by atoms with Crippen molar-refractivity contribution >= 4 is 34.0 Å². The number of hydrazone groups is 1. The zero-order chi connectivity index (χ0) is 18.4. The van der Waals surface area contributed by atoms with Crippen molar-refractivity contribution in [1.29, 1.82) is 0 Å². The van der Waals surface area contributed by atoms with Gasteiger partial charge in [-0.1, -0.05) is 12.1 Å². The van der Waals surface area contributed by atoms with E-state index in [9.17, 15) is 9.59 Å². The lowest BCUT2D eigenvalue weighted by atomic mass is 10.2. The average Bonchev–Trinajstić information content (AvgIpc) is 3.17. The molecule has 0 fully saturated rings. The predicted molar refractivity (Wildman–Crippen MR) is 97.1 cm³/mol. The van der Waals surface area contributed by atoms with Crippen LogP contribution in [0.2, 0.25) is 0 Å². The summed E-state index contributed by atoms with van der Waals surface area (Å²) in [5, 5.41) is 3.89. The average molecular weight is 414 g/mol. The van der Waals surface area contributed by atoms with E-state index in [-0.39, 0.29) is 5.76 Å². The second kappa shape index (κ2) is 8.21. The quantitative estimate of drug-likeness (QED) is 0.299. The first-order valence-electron chi connectivity index (χ1n) is 7.41. The maximum Gasteiger partial charge on any atom is 0.379 e. The van der Waals surface area contributed by atoms with Crippen LogP contribution in [0.5, 0.6) is 5.75 Å². The molecule has 0 aliphatic heterocycles. The molecule has 130 valence electrons. The van der Waals surface area contributed by atoms with Gasteiger partial charge in [0.05, 0.1) is 18.0 Å². The number of ether oxygens (including phenoxy) is 1. The molecule has 1 N–H and O–H groups in total. The van der Waals surface area contributed by atoms with Gasteiger partial charge in [-0.05, 0) is 51.8 Å². The zero-order valence-corrected chi connectivity index (χ0v) is 14.8. The molecule has 0 spiro atoms. The van der Waals surface area contributed by atoms with Crippen LogP contribution in [-0.2, 0) is 0 Å². The number of hydrogen-bond donors (Lipinski definition) is 1. The van der Waals surface area contributed by atoms with E-state index in [1.807, 2.05) is 0 Å². The van der Waals surface area contributed by atoms with E-state index < -0.39 is 11.9 Å². The number of furan rings is 1. The minimum atomic E-state index is -0.598. The standard InChI is InChI=1S/C18H12BrN3O4/c19-14-8-13(10-20-11-14)17(23)22-21-9-12-3-1-4-15(7-12)26-18(24)16-5-2-6-25-16/h1-11H,(H,22,23)/b21-9+. The highest BCUT2D eigenvalue weighted by molar-refractivity contribution is 9.10. The molecule has 1 amide bonds. The molecule has 0 radical (unpaired) electrons. The second-order valence-electron chi connectivity index (χ2n) is 5.03. The molecule has 3 aromatic rings. The fourth-order valence-corrected chi connectivity index (χ4v) is 2.34. The summed E-state index contributed by atoms with van der Waals surface area (Å²) < 4.78 is 10.9. The number of rotatable bonds is 5. The van der Waals surface area contributed by atoms with Gasteiger partial charge in [-0.25, -0.2) is 10.2 Å². The maximum atomic E-state index is 12.0. The molecule has 0 aliphatic carbocycles. The van der Waals surface area contributed by atoms with Gasteiger partial charge < -0.3 is 9.15 Å². The highest BCUT2D eigenvalue weighted by Crippen LogP contribution is 2.14. The van der Waals surface area contributed by atoms with Gasteiger partial charge in [-0.15, -0.1) is 0 Å². The number of nitrogens with one attached hydrogen (secondary N) is 1. The van der Waals surface area contributed by atoms with Gasteiger partial charge in [-0.3, -0.25) is 9.78 Å². The van der Waals surface area contributed by atoms with Crippen LogP contribution in [-0.4, -0.2) is 23.1 Å². The lowest BCUT2D eigenvalue weighted by Crippen LogP contribution is -2.17. The summed E-state index contributed by atoms with van der Waals surface area (Å²) in [6, 6.07) is 11.4. The third-order valence-electron chi connectivity index (χ3n) is 3.14. The monoisotopic (exact) mass is 413 g/mol. The van der Waals surface area contributed by atoms with Crippen LogP contribution in [0.3, 0.4) is 0 Å². The van der Waals surface area contributed by atoms with E-state index in [2.05, 4.69) is 31.4 Å². The minimum absolute atomic E-state index is 0.110. The maximum absolute atomic E-state index is 12.0. The molecule has 0 bridgehead atoms. The van der Waals surface area contributed by atoms with E-state index in [1.54, 1.807) is 42.6 Å². The number of pyridine rings is 1. The van der Waals surface area contributed by atoms with Crippen molar-refractivity contribution in [2.45, 2.75) is 0 Å². The third kappa shape index (κ3) is 4.64. The van der Waals surface area contributed by atoms with Crippen LogP contribution >= 0.6 is 15.9 Å². The van der Waals surface area contributed by atoms with Crippen LogP contribution in [0.15, 0.2) is 75.1 Å². The molecule has 3 rings (SSSR count). The summed E-state index contributed by atoms with van der Waals surface area (Å²) in [5.74, 6) is -0.549. The number of carbonyl (C=O) groups excluding carboxylic acids is 2. The van der Waals surface area contributed by atoms with E-state index >= 15 is 0 Å². The molecule has 0 atom stereocenters. The van der Waals surface area contributed by atoms with Crippen LogP contribution in [0.4, 0.5) is 0 Å².